The number of piperazine rings is 1. The minimum Gasteiger partial charge on any atom is -0.311 e. The van der Waals surface area contributed by atoms with Crippen molar-refractivity contribution in [1.82, 2.24) is 10.2 Å². The van der Waals surface area contributed by atoms with E-state index >= 15 is 0 Å². The summed E-state index contributed by atoms with van der Waals surface area (Å²) in [5.74, 6) is 0.861. The predicted molar refractivity (Wildman–Crippen MR) is 81.0 cm³/mol. The van der Waals surface area contributed by atoms with Crippen molar-refractivity contribution in [2.75, 3.05) is 13.1 Å². The lowest BCUT2D eigenvalue weighted by Crippen LogP contribution is -2.59. The van der Waals surface area contributed by atoms with Gasteiger partial charge in [-0.15, -0.1) is 0 Å². The van der Waals surface area contributed by atoms with Crippen molar-refractivity contribution in [3.8, 4) is 0 Å². The van der Waals surface area contributed by atoms with E-state index in [0.717, 1.165) is 24.0 Å². The van der Waals surface area contributed by atoms with E-state index in [2.05, 4.69) is 44.8 Å². The molecule has 2 heteroatoms. The molecule has 18 heavy (non-hydrogen) atoms. The van der Waals surface area contributed by atoms with Crippen LogP contribution >= 0.6 is 0 Å². The minimum atomic E-state index is 0.717. The van der Waals surface area contributed by atoms with Gasteiger partial charge in [0.1, 0.15) is 0 Å². The van der Waals surface area contributed by atoms with Crippen molar-refractivity contribution in [2.24, 2.45) is 5.92 Å². The molecule has 1 saturated heterocycles. The van der Waals surface area contributed by atoms with E-state index in [1.165, 1.54) is 45.2 Å². The van der Waals surface area contributed by atoms with Crippen LogP contribution in [0.25, 0.3) is 0 Å². The fourth-order valence-corrected chi connectivity index (χ4v) is 3.55. The molecule has 0 aromatic rings. The molecule has 1 aliphatic rings. The third-order valence-corrected chi connectivity index (χ3v) is 4.90. The molecule has 0 saturated carbocycles. The molecule has 1 aliphatic heterocycles. The molecule has 0 amide bonds. The van der Waals surface area contributed by atoms with Gasteiger partial charge in [-0.1, -0.05) is 47.0 Å². The molecule has 1 heterocycles. The average Bonchev–Trinajstić information content (AvgIpc) is 2.40. The highest BCUT2D eigenvalue weighted by atomic mass is 15.3. The Kier molecular flexibility index (Phi) is 7.25. The minimum absolute atomic E-state index is 0.717. The van der Waals surface area contributed by atoms with Gasteiger partial charge < -0.3 is 5.32 Å². The average molecular weight is 254 g/mol. The lowest BCUT2D eigenvalue weighted by atomic mass is 9.91. The van der Waals surface area contributed by atoms with Gasteiger partial charge >= 0.3 is 0 Å². The van der Waals surface area contributed by atoms with Crippen LogP contribution < -0.4 is 5.32 Å². The Bertz CT molecular complexity index is 213. The van der Waals surface area contributed by atoms with Crippen LogP contribution in [0, 0.1) is 5.92 Å². The van der Waals surface area contributed by atoms with E-state index in [-0.39, 0.29) is 0 Å². The fraction of sp³-hybridized carbons (Fsp3) is 1.00. The molecule has 3 unspecified atom stereocenters. The number of hydrogen-bond donors (Lipinski definition) is 1. The largest absolute Gasteiger partial charge is 0.311 e. The molecular weight excluding hydrogens is 220 g/mol. The van der Waals surface area contributed by atoms with E-state index in [1.54, 1.807) is 0 Å². The summed E-state index contributed by atoms with van der Waals surface area (Å²) < 4.78 is 0. The molecule has 1 fully saturated rings. The summed E-state index contributed by atoms with van der Waals surface area (Å²) >= 11 is 0. The zero-order chi connectivity index (χ0) is 13.5. The smallest absolute Gasteiger partial charge is 0.0221 e. The summed E-state index contributed by atoms with van der Waals surface area (Å²) in [7, 11) is 0. The van der Waals surface area contributed by atoms with E-state index in [4.69, 9.17) is 0 Å². The molecule has 0 spiro atoms. The van der Waals surface area contributed by atoms with Gasteiger partial charge in [0.15, 0.2) is 0 Å². The Labute approximate surface area is 115 Å². The van der Waals surface area contributed by atoms with Crippen molar-refractivity contribution in [1.29, 1.82) is 0 Å². The predicted octanol–water partition coefficient (Wildman–Crippen LogP) is 3.66. The second-order valence-corrected chi connectivity index (χ2v) is 5.97. The fourth-order valence-electron chi connectivity index (χ4n) is 3.55. The van der Waals surface area contributed by atoms with Crippen LogP contribution in [0.5, 0.6) is 0 Å². The van der Waals surface area contributed by atoms with Crippen molar-refractivity contribution < 1.29 is 0 Å². The SMILES string of the molecule is CCCC1CN(C(C)C(CC)CC)C(CC)CN1. The Balaban J connectivity index is 2.66. The number of hydrogen-bond acceptors (Lipinski definition) is 2. The van der Waals surface area contributed by atoms with Crippen LogP contribution in [0.2, 0.25) is 0 Å². The summed E-state index contributed by atoms with van der Waals surface area (Å²) in [4.78, 5) is 2.80. The van der Waals surface area contributed by atoms with Gasteiger partial charge in [-0.2, -0.15) is 0 Å². The van der Waals surface area contributed by atoms with Crippen LogP contribution in [0.3, 0.4) is 0 Å². The van der Waals surface area contributed by atoms with Crippen LogP contribution in [0.15, 0.2) is 0 Å². The number of rotatable bonds is 7. The maximum atomic E-state index is 3.74. The molecule has 0 aromatic carbocycles. The van der Waals surface area contributed by atoms with Gasteiger partial charge in [0.2, 0.25) is 0 Å². The molecule has 0 radical (unpaired) electrons. The first-order valence-electron chi connectivity index (χ1n) is 8.16. The molecule has 1 rings (SSSR count). The molecule has 0 aliphatic carbocycles. The third-order valence-electron chi connectivity index (χ3n) is 4.90. The Morgan fingerprint density at radius 3 is 2.33 bits per heavy atom. The van der Waals surface area contributed by atoms with Gasteiger partial charge in [-0.3, -0.25) is 4.90 Å². The maximum Gasteiger partial charge on any atom is 0.0221 e. The molecule has 0 bridgehead atoms. The zero-order valence-corrected chi connectivity index (χ0v) is 13.2. The maximum absolute atomic E-state index is 3.74. The van der Waals surface area contributed by atoms with E-state index < -0.39 is 0 Å². The Hall–Kier alpha value is -0.0800. The Morgan fingerprint density at radius 1 is 1.17 bits per heavy atom. The zero-order valence-electron chi connectivity index (χ0n) is 13.2. The second kappa shape index (κ2) is 8.16. The van der Waals surface area contributed by atoms with Crippen LogP contribution in [0.1, 0.15) is 66.7 Å². The van der Waals surface area contributed by atoms with Crippen molar-refractivity contribution in [3.05, 3.63) is 0 Å². The first kappa shape index (κ1) is 16.0. The molecule has 1 N–H and O–H groups in total. The van der Waals surface area contributed by atoms with Gasteiger partial charge in [0.05, 0.1) is 0 Å². The highest BCUT2D eigenvalue weighted by Gasteiger charge is 2.31. The van der Waals surface area contributed by atoms with Crippen molar-refractivity contribution in [3.63, 3.8) is 0 Å². The first-order valence-corrected chi connectivity index (χ1v) is 8.16. The van der Waals surface area contributed by atoms with Gasteiger partial charge in [-0.25, -0.2) is 0 Å². The molecule has 3 atom stereocenters. The summed E-state index contributed by atoms with van der Waals surface area (Å²) in [6.45, 7) is 14.2. The summed E-state index contributed by atoms with van der Waals surface area (Å²) in [6.07, 6.45) is 6.52. The van der Waals surface area contributed by atoms with Crippen LogP contribution in [0.4, 0.5) is 0 Å². The molecule has 108 valence electrons. The molecule has 0 aromatic heterocycles. The topological polar surface area (TPSA) is 15.3 Å². The van der Waals surface area contributed by atoms with E-state index in [9.17, 15) is 0 Å². The monoisotopic (exact) mass is 254 g/mol. The van der Waals surface area contributed by atoms with Gasteiger partial charge in [0.25, 0.3) is 0 Å². The summed E-state index contributed by atoms with van der Waals surface area (Å²) in [5, 5.41) is 3.74. The van der Waals surface area contributed by atoms with Crippen molar-refractivity contribution in [2.45, 2.75) is 84.8 Å². The van der Waals surface area contributed by atoms with Gasteiger partial charge in [0, 0.05) is 31.2 Å². The molecule has 2 nitrogen and oxygen atoms in total. The second-order valence-electron chi connectivity index (χ2n) is 5.97. The van der Waals surface area contributed by atoms with Crippen LogP contribution in [-0.2, 0) is 0 Å². The lowest BCUT2D eigenvalue weighted by Gasteiger charge is -2.45. The normalized spacial score (nSPS) is 27.7. The van der Waals surface area contributed by atoms with Crippen molar-refractivity contribution >= 4 is 0 Å². The summed E-state index contributed by atoms with van der Waals surface area (Å²) in [6, 6.07) is 2.20. The lowest BCUT2D eigenvalue weighted by molar-refractivity contribution is 0.0531. The summed E-state index contributed by atoms with van der Waals surface area (Å²) in [5.41, 5.74) is 0. The quantitative estimate of drug-likeness (QED) is 0.746. The van der Waals surface area contributed by atoms with Crippen LogP contribution in [-0.4, -0.2) is 36.1 Å². The Morgan fingerprint density at radius 2 is 1.83 bits per heavy atom. The van der Waals surface area contributed by atoms with Gasteiger partial charge in [-0.05, 0) is 25.7 Å². The third kappa shape index (κ3) is 3.96. The highest BCUT2D eigenvalue weighted by molar-refractivity contribution is 4.89. The number of nitrogens with one attached hydrogen (secondary N) is 1. The standard InChI is InChI=1S/C16H34N2/c1-6-10-15-12-18(16(9-4)11-17-15)13(5)14(7-2)8-3/h13-17H,6-12H2,1-5H3. The number of nitrogens with zero attached hydrogens (tertiary/aromatic N) is 1. The molecular formula is C16H34N2. The van der Waals surface area contributed by atoms with E-state index in [0.29, 0.717) is 0 Å². The van der Waals surface area contributed by atoms with E-state index in [1.807, 2.05) is 0 Å². The highest BCUT2D eigenvalue weighted by Crippen LogP contribution is 2.24. The first-order chi connectivity index (χ1) is 8.67.